The van der Waals surface area contributed by atoms with Crippen molar-refractivity contribution < 1.29 is 24.5 Å². The second kappa shape index (κ2) is 9.31. The number of carbonyl (C=O) groups excluding carboxylic acids is 1. The molecule has 0 spiro atoms. The third kappa shape index (κ3) is 5.16. The summed E-state index contributed by atoms with van der Waals surface area (Å²) in [6.45, 7) is 2.71. The van der Waals surface area contributed by atoms with Gasteiger partial charge in [-0.3, -0.25) is 4.98 Å². The van der Waals surface area contributed by atoms with Crippen LogP contribution in [0, 0.1) is 5.41 Å². The highest BCUT2D eigenvalue weighted by molar-refractivity contribution is 5.85. The highest BCUT2D eigenvalue weighted by Gasteiger charge is 2.45. The number of halogens is 1. The average molecular weight is 389 g/mol. The van der Waals surface area contributed by atoms with E-state index in [-0.39, 0.29) is 25.0 Å². The van der Waals surface area contributed by atoms with E-state index in [0.29, 0.717) is 51.6 Å². The molecule has 3 rings (SSSR count). The first-order valence-corrected chi connectivity index (χ1v) is 8.43. The Morgan fingerprint density at radius 2 is 2.00 bits per heavy atom. The van der Waals surface area contributed by atoms with Gasteiger partial charge in [-0.05, 0) is 12.8 Å². The molecule has 1 aromatic rings. The van der Waals surface area contributed by atoms with Gasteiger partial charge in [-0.15, -0.1) is 12.4 Å². The molecule has 3 atom stereocenters. The van der Waals surface area contributed by atoms with E-state index in [1.165, 1.54) is 12.4 Å². The summed E-state index contributed by atoms with van der Waals surface area (Å²) >= 11 is 0. The molecule has 0 radical (unpaired) electrons. The lowest BCUT2D eigenvalue weighted by Crippen LogP contribution is -2.49. The Morgan fingerprint density at radius 1 is 1.31 bits per heavy atom. The summed E-state index contributed by atoms with van der Waals surface area (Å²) in [5.74, 6) is 0.372. The molecule has 2 amide bonds. The summed E-state index contributed by atoms with van der Waals surface area (Å²) in [4.78, 5) is 22.0. The number of urea groups is 1. The molecule has 1 aromatic heterocycles. The van der Waals surface area contributed by atoms with Crippen LogP contribution >= 0.6 is 12.4 Å². The van der Waals surface area contributed by atoms with E-state index in [2.05, 4.69) is 15.3 Å². The minimum atomic E-state index is -0.828. The monoisotopic (exact) mass is 388 g/mol. The summed E-state index contributed by atoms with van der Waals surface area (Å²) in [6.07, 6.45) is 3.61. The summed E-state index contributed by atoms with van der Waals surface area (Å²) in [7, 11) is 0. The van der Waals surface area contributed by atoms with Crippen molar-refractivity contribution in [1.29, 1.82) is 0 Å². The minimum Gasteiger partial charge on any atom is -0.476 e. The lowest BCUT2D eigenvalue weighted by molar-refractivity contribution is 0.0438. The molecule has 2 aliphatic rings. The van der Waals surface area contributed by atoms with Crippen molar-refractivity contribution in [2.75, 3.05) is 39.5 Å². The van der Waals surface area contributed by atoms with Crippen LogP contribution in [-0.2, 0) is 4.74 Å². The topological polar surface area (TPSA) is 117 Å². The molecule has 1 unspecified atom stereocenters. The zero-order valence-electron chi connectivity index (χ0n) is 14.4. The second-order valence-corrected chi connectivity index (χ2v) is 6.63. The van der Waals surface area contributed by atoms with Crippen LogP contribution in [0.2, 0.25) is 0 Å². The molecule has 2 fully saturated rings. The van der Waals surface area contributed by atoms with Crippen LogP contribution < -0.4 is 10.1 Å². The number of hydrogen-bond donors (Lipinski definition) is 3. The maximum absolute atomic E-state index is 12.3. The largest absolute Gasteiger partial charge is 0.476 e. The highest BCUT2D eigenvalue weighted by Crippen LogP contribution is 2.38. The van der Waals surface area contributed by atoms with E-state index in [1.807, 2.05) is 0 Å². The quantitative estimate of drug-likeness (QED) is 0.640. The first-order chi connectivity index (χ1) is 12.1. The zero-order chi connectivity index (χ0) is 17.7. The number of hydrogen-bond acceptors (Lipinski definition) is 7. The fourth-order valence-corrected chi connectivity index (χ4v) is 3.28. The van der Waals surface area contributed by atoms with Crippen LogP contribution in [0.15, 0.2) is 18.6 Å². The van der Waals surface area contributed by atoms with Gasteiger partial charge in [0.15, 0.2) is 0 Å². The molecular formula is C16H25ClN4O5. The van der Waals surface area contributed by atoms with Gasteiger partial charge in [0, 0.05) is 37.4 Å². The number of amides is 2. The molecule has 9 nitrogen and oxygen atoms in total. The van der Waals surface area contributed by atoms with Crippen molar-refractivity contribution in [3.8, 4) is 5.88 Å². The van der Waals surface area contributed by atoms with Crippen molar-refractivity contribution in [2.24, 2.45) is 5.41 Å². The first-order valence-electron chi connectivity index (χ1n) is 8.43. The van der Waals surface area contributed by atoms with Crippen LogP contribution in [0.4, 0.5) is 4.79 Å². The zero-order valence-corrected chi connectivity index (χ0v) is 15.2. The molecule has 3 N–H and O–H groups in total. The maximum atomic E-state index is 12.3. The number of carbonyl (C=O) groups is 1. The minimum absolute atomic E-state index is 0. The van der Waals surface area contributed by atoms with Gasteiger partial charge in [0.05, 0.1) is 38.2 Å². The molecule has 146 valence electrons. The van der Waals surface area contributed by atoms with Crippen molar-refractivity contribution in [3.05, 3.63) is 18.6 Å². The average Bonchev–Trinajstić information content (AvgIpc) is 2.94. The number of nitrogens with zero attached hydrogens (tertiary/aromatic N) is 3. The lowest BCUT2D eigenvalue weighted by atomic mass is 9.86. The predicted octanol–water partition coefficient (Wildman–Crippen LogP) is -0.179. The number of rotatable bonds is 5. The van der Waals surface area contributed by atoms with Crippen LogP contribution in [0.25, 0.3) is 0 Å². The highest BCUT2D eigenvalue weighted by atomic mass is 35.5. The van der Waals surface area contributed by atoms with Gasteiger partial charge in [0.1, 0.15) is 0 Å². The smallest absolute Gasteiger partial charge is 0.317 e. The summed E-state index contributed by atoms with van der Waals surface area (Å²) in [5.41, 5.74) is -0.557. The number of aliphatic hydroxyl groups is 2. The van der Waals surface area contributed by atoms with E-state index in [9.17, 15) is 15.0 Å². The molecule has 0 aromatic carbocycles. The molecule has 1 aliphatic heterocycles. The molecule has 1 saturated carbocycles. The van der Waals surface area contributed by atoms with Gasteiger partial charge in [0.2, 0.25) is 5.88 Å². The van der Waals surface area contributed by atoms with Crippen molar-refractivity contribution in [2.45, 2.75) is 25.0 Å². The number of morpholine rings is 1. The maximum Gasteiger partial charge on any atom is 0.317 e. The van der Waals surface area contributed by atoms with E-state index in [4.69, 9.17) is 9.47 Å². The Morgan fingerprint density at radius 3 is 2.62 bits per heavy atom. The van der Waals surface area contributed by atoms with E-state index in [1.54, 1.807) is 11.1 Å². The van der Waals surface area contributed by atoms with Crippen LogP contribution in [0.1, 0.15) is 12.8 Å². The Bertz CT molecular complexity index is 563. The molecule has 1 saturated heterocycles. The molecular weight excluding hydrogens is 364 g/mol. The fraction of sp³-hybridized carbons (Fsp3) is 0.688. The van der Waals surface area contributed by atoms with Gasteiger partial charge in [-0.25, -0.2) is 9.78 Å². The third-order valence-corrected chi connectivity index (χ3v) is 4.71. The number of aliphatic hydroxyl groups excluding tert-OH is 2. The Balaban J connectivity index is 0.00000243. The SMILES string of the molecule is Cl.O=C(NCC1(COc2cnccn2)C[C@@H](O)[C@@H](O)C1)N1CCOCC1. The molecule has 1 aliphatic carbocycles. The summed E-state index contributed by atoms with van der Waals surface area (Å²) < 4.78 is 10.9. The summed E-state index contributed by atoms with van der Waals surface area (Å²) in [5, 5.41) is 22.8. The summed E-state index contributed by atoms with van der Waals surface area (Å²) in [6, 6.07) is -0.168. The number of ether oxygens (including phenoxy) is 2. The van der Waals surface area contributed by atoms with Crippen molar-refractivity contribution in [1.82, 2.24) is 20.2 Å². The van der Waals surface area contributed by atoms with Gasteiger partial charge in [-0.1, -0.05) is 0 Å². The number of aromatic nitrogens is 2. The second-order valence-electron chi connectivity index (χ2n) is 6.63. The Kier molecular flexibility index (Phi) is 7.39. The number of nitrogens with one attached hydrogen (secondary N) is 1. The molecule has 2 heterocycles. The van der Waals surface area contributed by atoms with Crippen LogP contribution in [0.3, 0.4) is 0 Å². The lowest BCUT2D eigenvalue weighted by Gasteiger charge is -2.32. The normalized spacial score (nSPS) is 28.3. The van der Waals surface area contributed by atoms with E-state index >= 15 is 0 Å². The fourth-order valence-electron chi connectivity index (χ4n) is 3.28. The first kappa shape index (κ1) is 20.6. The van der Waals surface area contributed by atoms with E-state index < -0.39 is 17.6 Å². The van der Waals surface area contributed by atoms with Crippen LogP contribution in [-0.4, -0.2) is 82.8 Å². The predicted molar refractivity (Wildman–Crippen MR) is 94.2 cm³/mol. The molecule has 0 bridgehead atoms. The van der Waals surface area contributed by atoms with Crippen molar-refractivity contribution in [3.63, 3.8) is 0 Å². The van der Waals surface area contributed by atoms with Gasteiger partial charge in [-0.2, -0.15) is 0 Å². The van der Waals surface area contributed by atoms with Gasteiger partial charge < -0.3 is 29.9 Å². The van der Waals surface area contributed by atoms with Gasteiger partial charge >= 0.3 is 6.03 Å². The Labute approximate surface area is 158 Å². The Hall–Kier alpha value is -1.68. The van der Waals surface area contributed by atoms with E-state index in [0.717, 1.165) is 0 Å². The molecule has 10 heteroatoms. The van der Waals surface area contributed by atoms with Crippen LogP contribution in [0.5, 0.6) is 5.88 Å². The van der Waals surface area contributed by atoms with Crippen molar-refractivity contribution >= 4 is 18.4 Å². The standard InChI is InChI=1S/C16H24N4O5.ClH/c21-12-7-16(8-13(12)22,11-25-14-9-17-1-2-18-14)10-19-15(23)20-3-5-24-6-4-20;/h1-2,9,12-13,21-22H,3-8,10-11H2,(H,19,23);1H/t12-,13+,16?;. The third-order valence-electron chi connectivity index (χ3n) is 4.71. The van der Waals surface area contributed by atoms with Gasteiger partial charge in [0.25, 0.3) is 0 Å². The molecule has 26 heavy (non-hydrogen) atoms.